The van der Waals surface area contributed by atoms with Crippen LogP contribution in [0.25, 0.3) is 0 Å². The van der Waals surface area contributed by atoms with Crippen LogP contribution >= 0.6 is 0 Å². The van der Waals surface area contributed by atoms with Crippen molar-refractivity contribution in [1.29, 1.82) is 0 Å². The first-order chi connectivity index (χ1) is 14.5. The van der Waals surface area contributed by atoms with Gasteiger partial charge in [-0.15, -0.1) is 0 Å². The van der Waals surface area contributed by atoms with Crippen molar-refractivity contribution in [2.45, 2.75) is 162 Å². The zero-order valence-corrected chi connectivity index (χ0v) is 21.0. The van der Waals surface area contributed by atoms with E-state index in [1.54, 1.807) is 0 Å². The molecule has 0 spiro atoms. The van der Waals surface area contributed by atoms with Gasteiger partial charge in [-0.3, -0.25) is 0 Å². The average molecular weight is 427 g/mol. The summed E-state index contributed by atoms with van der Waals surface area (Å²) >= 11 is 0. The van der Waals surface area contributed by atoms with Gasteiger partial charge in [0.2, 0.25) is 0 Å². The maximum Gasteiger partial charge on any atom is 0.506 e. The van der Waals surface area contributed by atoms with Crippen molar-refractivity contribution in [3.05, 3.63) is 0 Å². The Hall–Kier alpha value is -0.730. The molecule has 0 aromatic heterocycles. The number of rotatable bonds is 22. The fourth-order valence-electron chi connectivity index (χ4n) is 4.72. The summed E-state index contributed by atoms with van der Waals surface area (Å²) in [5.41, 5.74) is -0.480. The Kier molecular flexibility index (Phi) is 19.7. The predicted molar refractivity (Wildman–Crippen MR) is 130 cm³/mol. The van der Waals surface area contributed by atoms with Crippen molar-refractivity contribution in [2.24, 2.45) is 5.92 Å². The molecule has 0 aromatic rings. The summed E-state index contributed by atoms with van der Waals surface area (Å²) in [5.74, 6) is 0.307. The van der Waals surface area contributed by atoms with Gasteiger partial charge in [0.05, 0.1) is 0 Å². The highest BCUT2D eigenvalue weighted by molar-refractivity contribution is 5.57. The van der Waals surface area contributed by atoms with Crippen molar-refractivity contribution >= 4 is 6.16 Å². The van der Waals surface area contributed by atoms with E-state index in [1.807, 2.05) is 0 Å². The highest BCUT2D eigenvalue weighted by Gasteiger charge is 2.38. The first kappa shape index (κ1) is 29.3. The lowest BCUT2D eigenvalue weighted by atomic mass is 9.77. The molecule has 3 heteroatoms. The third kappa shape index (κ3) is 15.1. The largest absolute Gasteiger partial charge is 0.506 e. The van der Waals surface area contributed by atoms with Crippen molar-refractivity contribution in [3.63, 3.8) is 0 Å². The molecule has 0 saturated carbocycles. The zero-order valence-electron chi connectivity index (χ0n) is 21.0. The van der Waals surface area contributed by atoms with Crippen LogP contribution in [0.15, 0.2) is 0 Å². The van der Waals surface area contributed by atoms with Crippen LogP contribution in [0, 0.1) is 5.92 Å². The molecule has 1 atom stereocenters. The summed E-state index contributed by atoms with van der Waals surface area (Å²) < 4.78 is 5.75. The summed E-state index contributed by atoms with van der Waals surface area (Å²) in [6.45, 7) is 8.98. The van der Waals surface area contributed by atoms with Gasteiger partial charge in [0.1, 0.15) is 5.60 Å². The van der Waals surface area contributed by atoms with Crippen molar-refractivity contribution in [2.75, 3.05) is 0 Å². The Labute approximate surface area is 188 Å². The van der Waals surface area contributed by atoms with E-state index in [-0.39, 0.29) is 0 Å². The number of ether oxygens (including phenoxy) is 1. The number of hydrogen-bond donors (Lipinski definition) is 1. The lowest BCUT2D eigenvalue weighted by molar-refractivity contribution is -0.0692. The van der Waals surface area contributed by atoms with Gasteiger partial charge in [0.25, 0.3) is 0 Å². The van der Waals surface area contributed by atoms with Crippen molar-refractivity contribution in [1.82, 2.24) is 0 Å². The van der Waals surface area contributed by atoms with Crippen molar-refractivity contribution in [3.8, 4) is 0 Å². The molecule has 0 amide bonds. The topological polar surface area (TPSA) is 46.5 Å². The van der Waals surface area contributed by atoms with Crippen LogP contribution in [0.1, 0.15) is 156 Å². The van der Waals surface area contributed by atoms with E-state index in [4.69, 9.17) is 4.74 Å². The molecule has 1 unspecified atom stereocenters. The van der Waals surface area contributed by atoms with Gasteiger partial charge in [-0.2, -0.15) is 0 Å². The SMILES string of the molecule is CCCCCCCCC(CCCCCCCC)(OC(=O)O)C(C)CCCCCCC. The Bertz CT molecular complexity index is 364. The van der Waals surface area contributed by atoms with E-state index in [0.29, 0.717) is 5.92 Å². The summed E-state index contributed by atoms with van der Waals surface area (Å²) in [6, 6.07) is 0. The summed E-state index contributed by atoms with van der Waals surface area (Å²) in [6.07, 6.45) is 23.0. The molecule has 3 nitrogen and oxygen atoms in total. The molecule has 0 aromatic carbocycles. The first-order valence-electron chi connectivity index (χ1n) is 13.4. The molecular formula is C27H54O3. The maximum atomic E-state index is 11.7. The van der Waals surface area contributed by atoms with Gasteiger partial charge < -0.3 is 9.84 Å². The zero-order chi connectivity index (χ0) is 22.5. The number of hydrogen-bond acceptors (Lipinski definition) is 2. The summed E-state index contributed by atoms with van der Waals surface area (Å²) in [5, 5.41) is 9.56. The summed E-state index contributed by atoms with van der Waals surface area (Å²) in [7, 11) is 0. The Balaban J connectivity index is 4.84. The molecule has 1 N–H and O–H groups in total. The number of carboxylic acid groups (broad SMARTS) is 1. The van der Waals surface area contributed by atoms with Gasteiger partial charge >= 0.3 is 6.16 Å². The molecule has 0 bridgehead atoms. The highest BCUT2D eigenvalue weighted by atomic mass is 16.7. The van der Waals surface area contributed by atoms with Crippen LogP contribution in [0.2, 0.25) is 0 Å². The van der Waals surface area contributed by atoms with Crippen LogP contribution in [0.4, 0.5) is 4.79 Å². The second-order valence-electron chi connectivity index (χ2n) is 9.57. The van der Waals surface area contributed by atoms with Gasteiger partial charge in [0.15, 0.2) is 0 Å². The minimum Gasteiger partial charge on any atom is -0.450 e. The second kappa shape index (κ2) is 20.2. The Morgan fingerprint density at radius 3 is 1.43 bits per heavy atom. The normalized spacial score (nSPS) is 12.8. The smallest absolute Gasteiger partial charge is 0.450 e. The van der Waals surface area contributed by atoms with Gasteiger partial charge in [-0.05, 0) is 38.0 Å². The molecule has 30 heavy (non-hydrogen) atoms. The molecule has 0 rings (SSSR count). The monoisotopic (exact) mass is 426 g/mol. The minimum atomic E-state index is -1.08. The highest BCUT2D eigenvalue weighted by Crippen LogP contribution is 2.37. The molecule has 0 heterocycles. The molecular weight excluding hydrogens is 372 g/mol. The fraction of sp³-hybridized carbons (Fsp3) is 0.963. The van der Waals surface area contributed by atoms with Crippen LogP contribution in [-0.2, 0) is 4.74 Å². The van der Waals surface area contributed by atoms with Crippen LogP contribution in [0.5, 0.6) is 0 Å². The molecule has 0 aliphatic heterocycles. The molecule has 0 aliphatic rings. The second-order valence-corrected chi connectivity index (χ2v) is 9.57. The Morgan fingerprint density at radius 2 is 1.03 bits per heavy atom. The van der Waals surface area contributed by atoms with E-state index in [1.165, 1.54) is 96.3 Å². The quantitative estimate of drug-likeness (QED) is 0.138. The van der Waals surface area contributed by atoms with Crippen LogP contribution in [0.3, 0.4) is 0 Å². The minimum absolute atomic E-state index is 0.307. The third-order valence-electron chi connectivity index (χ3n) is 6.84. The summed E-state index contributed by atoms with van der Waals surface area (Å²) in [4.78, 5) is 11.7. The third-order valence-corrected chi connectivity index (χ3v) is 6.84. The van der Waals surface area contributed by atoms with E-state index < -0.39 is 11.8 Å². The Morgan fingerprint density at radius 1 is 0.667 bits per heavy atom. The first-order valence-corrected chi connectivity index (χ1v) is 13.4. The van der Waals surface area contributed by atoms with Crippen molar-refractivity contribution < 1.29 is 14.6 Å². The maximum absolute atomic E-state index is 11.7. The number of carbonyl (C=O) groups is 1. The molecule has 0 aliphatic carbocycles. The lowest BCUT2D eigenvalue weighted by Gasteiger charge is -2.38. The standard InChI is InChI=1S/C27H54O3/c1-5-8-11-14-17-20-23-27(30-26(28)29,24-21-18-15-12-9-6-2)25(4)22-19-16-13-10-7-3/h25H,5-24H2,1-4H3,(H,28,29). The number of unbranched alkanes of at least 4 members (excludes halogenated alkanes) is 14. The average Bonchev–Trinajstić information content (AvgIpc) is 2.72. The van der Waals surface area contributed by atoms with E-state index in [2.05, 4.69) is 27.7 Å². The van der Waals surface area contributed by atoms with E-state index >= 15 is 0 Å². The van der Waals surface area contributed by atoms with E-state index in [9.17, 15) is 9.90 Å². The lowest BCUT2D eigenvalue weighted by Crippen LogP contribution is -2.41. The van der Waals surface area contributed by atoms with Gasteiger partial charge in [-0.1, -0.05) is 124 Å². The van der Waals surface area contributed by atoms with Gasteiger partial charge in [-0.25, -0.2) is 4.79 Å². The van der Waals surface area contributed by atoms with Crippen LogP contribution < -0.4 is 0 Å². The van der Waals surface area contributed by atoms with Crippen LogP contribution in [-0.4, -0.2) is 16.9 Å². The molecule has 0 radical (unpaired) electrons. The molecule has 180 valence electrons. The molecule has 0 saturated heterocycles. The van der Waals surface area contributed by atoms with Gasteiger partial charge in [0, 0.05) is 0 Å². The fourth-order valence-corrected chi connectivity index (χ4v) is 4.72. The predicted octanol–water partition coefficient (Wildman–Crippen LogP) is 9.92. The van der Waals surface area contributed by atoms with E-state index in [0.717, 1.165) is 32.1 Å². The molecule has 0 fully saturated rings.